The van der Waals surface area contributed by atoms with Crippen LogP contribution in [0.4, 0.5) is 13.2 Å². The maximum atomic E-state index is 13.0. The van der Waals surface area contributed by atoms with Crippen molar-refractivity contribution < 1.29 is 13.2 Å². The Morgan fingerprint density at radius 1 is 1.26 bits per heavy atom. The van der Waals surface area contributed by atoms with Crippen LogP contribution < -0.4 is 0 Å². The van der Waals surface area contributed by atoms with Crippen molar-refractivity contribution in [1.29, 1.82) is 5.26 Å². The summed E-state index contributed by atoms with van der Waals surface area (Å²) in [4.78, 5) is 6.20. The van der Waals surface area contributed by atoms with Gasteiger partial charge in [-0.2, -0.15) is 18.4 Å². The van der Waals surface area contributed by atoms with Gasteiger partial charge >= 0.3 is 6.18 Å². The molecule has 3 heterocycles. The maximum Gasteiger partial charge on any atom is 0.451 e. The van der Waals surface area contributed by atoms with Crippen molar-refractivity contribution >= 4 is 22.5 Å². The van der Waals surface area contributed by atoms with E-state index in [4.69, 9.17) is 11.6 Å². The summed E-state index contributed by atoms with van der Waals surface area (Å²) in [5.74, 6) is -1.30. The van der Waals surface area contributed by atoms with Crippen LogP contribution in [0.3, 0.4) is 0 Å². The van der Waals surface area contributed by atoms with Crippen LogP contribution in [-0.2, 0) is 13.2 Å². The number of imidazole rings is 1. The van der Waals surface area contributed by atoms with Crippen molar-refractivity contribution in [2.75, 3.05) is 0 Å². The van der Waals surface area contributed by atoms with E-state index in [-0.39, 0.29) is 16.4 Å². The third-order valence-corrected chi connectivity index (χ3v) is 4.45. The fraction of sp³-hybridized carbons (Fsp3) is 0.125. The van der Waals surface area contributed by atoms with Crippen molar-refractivity contribution in [3.05, 3.63) is 47.3 Å². The number of rotatable bonds is 2. The smallest absolute Gasteiger partial charge is 0.338 e. The average Bonchev–Trinajstić information content (AvgIpc) is 3.33. The number of aryl methyl sites for hydroxylation is 1. The Kier molecular flexibility index (Phi) is 3.71. The normalized spacial score (nSPS) is 11.9. The molecule has 0 fully saturated rings. The molecule has 0 amide bonds. The van der Waals surface area contributed by atoms with E-state index in [0.717, 1.165) is 0 Å². The fourth-order valence-corrected chi connectivity index (χ4v) is 3.23. The quantitative estimate of drug-likeness (QED) is 0.564. The minimum atomic E-state index is -4.66. The first-order valence-electron chi connectivity index (χ1n) is 7.52. The van der Waals surface area contributed by atoms with Gasteiger partial charge in [0.15, 0.2) is 5.82 Å². The van der Waals surface area contributed by atoms with Crippen LogP contribution in [0.15, 0.2) is 30.9 Å². The molecule has 1 N–H and O–H groups in total. The summed E-state index contributed by atoms with van der Waals surface area (Å²) >= 11 is 6.13. The van der Waals surface area contributed by atoms with E-state index in [1.807, 2.05) is 6.07 Å². The van der Waals surface area contributed by atoms with Gasteiger partial charge < -0.3 is 14.1 Å². The van der Waals surface area contributed by atoms with Crippen molar-refractivity contribution in [2.24, 2.45) is 7.05 Å². The van der Waals surface area contributed by atoms with Crippen molar-refractivity contribution in [3.63, 3.8) is 0 Å². The molecule has 0 saturated heterocycles. The van der Waals surface area contributed by atoms with Gasteiger partial charge in [0, 0.05) is 24.8 Å². The summed E-state index contributed by atoms with van der Waals surface area (Å²) < 4.78 is 42.0. The molecule has 1 aromatic carbocycles. The number of hydrogen-bond donors (Lipinski definition) is 1. The van der Waals surface area contributed by atoms with Crippen molar-refractivity contribution in [1.82, 2.24) is 29.3 Å². The highest BCUT2D eigenvalue weighted by Gasteiger charge is 2.36. The van der Waals surface area contributed by atoms with Crippen molar-refractivity contribution in [2.45, 2.75) is 6.18 Å². The maximum absolute atomic E-state index is 13.0. The minimum absolute atomic E-state index is 0.0928. The zero-order valence-corrected chi connectivity index (χ0v) is 14.3. The second-order valence-corrected chi connectivity index (χ2v) is 6.08. The lowest BCUT2D eigenvalue weighted by Gasteiger charge is -2.06. The second kappa shape index (κ2) is 5.85. The summed E-state index contributed by atoms with van der Waals surface area (Å²) in [6.07, 6.45) is 0.0112. The number of nitriles is 1. The number of halogens is 4. The molecule has 0 aliphatic carbocycles. The van der Waals surface area contributed by atoms with Gasteiger partial charge in [-0.1, -0.05) is 11.6 Å². The number of aromatic amines is 1. The Labute approximate surface area is 154 Å². The van der Waals surface area contributed by atoms with E-state index in [1.165, 1.54) is 12.5 Å². The van der Waals surface area contributed by atoms with E-state index < -0.39 is 12.0 Å². The van der Waals surface area contributed by atoms with Gasteiger partial charge in [-0.3, -0.25) is 0 Å². The Morgan fingerprint density at radius 3 is 2.63 bits per heavy atom. The minimum Gasteiger partial charge on any atom is -0.338 e. The number of aromatic nitrogens is 6. The van der Waals surface area contributed by atoms with Gasteiger partial charge in [0.25, 0.3) is 0 Å². The van der Waals surface area contributed by atoms with Gasteiger partial charge in [-0.05, 0) is 12.1 Å². The molecule has 27 heavy (non-hydrogen) atoms. The third-order valence-electron chi connectivity index (χ3n) is 4.13. The van der Waals surface area contributed by atoms with Crippen LogP contribution in [0.2, 0.25) is 5.02 Å². The Morgan fingerprint density at radius 2 is 2.04 bits per heavy atom. The van der Waals surface area contributed by atoms with Crippen LogP contribution in [0, 0.1) is 11.3 Å². The van der Waals surface area contributed by atoms with Gasteiger partial charge in [-0.25, -0.2) is 4.98 Å². The molecule has 0 aliphatic rings. The molecule has 11 heteroatoms. The molecule has 4 rings (SSSR count). The van der Waals surface area contributed by atoms with E-state index in [2.05, 4.69) is 20.2 Å². The third kappa shape index (κ3) is 2.55. The first-order valence-corrected chi connectivity index (χ1v) is 7.90. The molecule has 0 aliphatic heterocycles. The zero-order chi connectivity index (χ0) is 19.3. The molecule has 0 saturated carbocycles. The summed E-state index contributed by atoms with van der Waals surface area (Å²) in [7, 11) is 1.62. The Bertz CT molecular complexity index is 1200. The predicted molar refractivity (Wildman–Crippen MR) is 90.1 cm³/mol. The summed E-state index contributed by atoms with van der Waals surface area (Å²) in [6, 6.07) is 5.30. The first kappa shape index (κ1) is 17.1. The average molecular weight is 392 g/mol. The van der Waals surface area contributed by atoms with Crippen LogP contribution in [0.25, 0.3) is 28.1 Å². The summed E-state index contributed by atoms with van der Waals surface area (Å²) in [6.45, 7) is 0. The van der Waals surface area contributed by atoms with Gasteiger partial charge in [0.05, 0.1) is 28.1 Å². The topological polar surface area (TPSA) is 88.1 Å². The number of alkyl halides is 3. The lowest BCUT2D eigenvalue weighted by Crippen LogP contribution is -2.07. The highest BCUT2D eigenvalue weighted by Crippen LogP contribution is 2.38. The van der Waals surface area contributed by atoms with Gasteiger partial charge in [-0.15, -0.1) is 10.2 Å². The van der Waals surface area contributed by atoms with Crippen LogP contribution >= 0.6 is 11.6 Å². The summed E-state index contributed by atoms with van der Waals surface area (Å²) in [5, 5.41) is 17.2. The van der Waals surface area contributed by atoms with E-state index >= 15 is 0 Å². The number of benzene rings is 1. The number of nitrogens with one attached hydrogen (secondary N) is 1. The first-order chi connectivity index (χ1) is 12.8. The molecule has 0 unspecified atom stereocenters. The summed E-state index contributed by atoms with van der Waals surface area (Å²) in [5.41, 5.74) is 1.49. The molecule has 7 nitrogen and oxygen atoms in total. The van der Waals surface area contributed by atoms with Crippen LogP contribution in [0.1, 0.15) is 11.4 Å². The van der Waals surface area contributed by atoms with E-state index in [1.54, 1.807) is 34.5 Å². The molecule has 3 aromatic heterocycles. The highest BCUT2D eigenvalue weighted by molar-refractivity contribution is 6.33. The zero-order valence-electron chi connectivity index (χ0n) is 13.6. The second-order valence-electron chi connectivity index (χ2n) is 5.68. The molecule has 0 spiro atoms. The van der Waals surface area contributed by atoms with Gasteiger partial charge in [0.1, 0.15) is 11.8 Å². The Balaban J connectivity index is 2.11. The molecular weight excluding hydrogens is 383 g/mol. The molecule has 136 valence electrons. The van der Waals surface area contributed by atoms with E-state index in [9.17, 15) is 18.4 Å². The standard InChI is InChI=1S/C16H9ClF3N7/c1-26-11-8(2-3-10(17)9(11)6-21)12(27-5-4-22-7-27)13(26)14-23-15(25-24-14)16(18,19)20/h2-5,7H,1H3,(H,23,24,25). The molecule has 0 radical (unpaired) electrons. The number of fused-ring (bicyclic) bond motifs is 1. The molecule has 0 atom stereocenters. The predicted octanol–water partition coefficient (Wildman–Crippen LogP) is 3.69. The molecule has 0 bridgehead atoms. The highest BCUT2D eigenvalue weighted by atomic mass is 35.5. The lowest BCUT2D eigenvalue weighted by molar-refractivity contribution is -0.144. The number of H-pyrrole nitrogens is 1. The lowest BCUT2D eigenvalue weighted by atomic mass is 10.1. The van der Waals surface area contributed by atoms with Crippen LogP contribution in [-0.4, -0.2) is 29.3 Å². The fourth-order valence-electron chi connectivity index (χ4n) is 3.03. The number of hydrogen-bond acceptors (Lipinski definition) is 4. The molecular formula is C16H9ClF3N7. The van der Waals surface area contributed by atoms with E-state index in [0.29, 0.717) is 22.3 Å². The van der Waals surface area contributed by atoms with Crippen LogP contribution in [0.5, 0.6) is 0 Å². The largest absolute Gasteiger partial charge is 0.451 e. The van der Waals surface area contributed by atoms with Crippen molar-refractivity contribution in [3.8, 4) is 23.3 Å². The Hall–Kier alpha value is -3.32. The SMILES string of the molecule is Cn1c(-c2nnc(C(F)(F)F)[nH]2)c(-n2ccnc2)c2ccc(Cl)c(C#N)c21. The monoisotopic (exact) mass is 391 g/mol. The number of nitrogens with zero attached hydrogens (tertiary/aromatic N) is 6. The van der Waals surface area contributed by atoms with Gasteiger partial charge in [0.2, 0.25) is 5.82 Å². The molecule has 4 aromatic rings.